The van der Waals surface area contributed by atoms with Crippen LogP contribution in [0.25, 0.3) is 0 Å². The van der Waals surface area contributed by atoms with Gasteiger partial charge < -0.3 is 10.4 Å². The number of fused-ring (bicyclic) bond motifs is 1. The molecule has 4 atom stereocenters. The Bertz CT molecular complexity index is 435. The molecule has 2 heterocycles. The molecular formula is C12H19N5O2. The first-order valence-corrected chi connectivity index (χ1v) is 6.91. The zero-order valence-electron chi connectivity index (χ0n) is 10.7. The summed E-state index contributed by atoms with van der Waals surface area (Å²) < 4.78 is 0. The normalized spacial score (nSPS) is 34.7. The van der Waals surface area contributed by atoms with Gasteiger partial charge in [-0.25, -0.2) is 0 Å². The predicted octanol–water partition coefficient (Wildman–Crippen LogP) is 0.221. The first-order valence-electron chi connectivity index (χ1n) is 6.91. The van der Waals surface area contributed by atoms with Gasteiger partial charge in [-0.1, -0.05) is 5.21 Å². The molecule has 0 radical (unpaired) electrons. The number of rotatable bonds is 3. The summed E-state index contributed by atoms with van der Waals surface area (Å²) in [6.07, 6.45) is 5.04. The number of nitrogens with zero attached hydrogens (tertiary/aromatic N) is 3. The van der Waals surface area contributed by atoms with Gasteiger partial charge in [0.25, 0.3) is 0 Å². The number of nitrogens with one attached hydrogen (secondary N) is 2. The van der Waals surface area contributed by atoms with E-state index in [9.17, 15) is 4.79 Å². The van der Waals surface area contributed by atoms with E-state index in [4.69, 9.17) is 5.11 Å². The summed E-state index contributed by atoms with van der Waals surface area (Å²) in [6, 6.07) is -0.370. The van der Waals surface area contributed by atoms with E-state index in [1.54, 1.807) is 0 Å². The monoisotopic (exact) mass is 265 g/mol. The summed E-state index contributed by atoms with van der Waals surface area (Å²) in [6.45, 7) is 0.844. The number of H-pyrrole nitrogens is 1. The van der Waals surface area contributed by atoms with Gasteiger partial charge in [-0.3, -0.25) is 4.79 Å². The summed E-state index contributed by atoms with van der Waals surface area (Å²) in [5.74, 6) is 1.77. The fourth-order valence-electron chi connectivity index (χ4n) is 3.56. The molecule has 1 aromatic rings. The number of tetrazole rings is 1. The van der Waals surface area contributed by atoms with Gasteiger partial charge in [0.15, 0.2) is 5.82 Å². The number of aliphatic carboxylic acids is 1. The summed E-state index contributed by atoms with van der Waals surface area (Å²) in [7, 11) is 0. The van der Waals surface area contributed by atoms with Crippen molar-refractivity contribution in [1.82, 2.24) is 25.9 Å². The van der Waals surface area contributed by atoms with Gasteiger partial charge in [0.2, 0.25) is 0 Å². The third-order valence-corrected chi connectivity index (χ3v) is 4.57. The Hall–Kier alpha value is -1.50. The molecule has 7 nitrogen and oxygen atoms in total. The van der Waals surface area contributed by atoms with Crippen molar-refractivity contribution >= 4 is 5.97 Å². The largest absolute Gasteiger partial charge is 0.480 e. The Balaban J connectivity index is 1.59. The quantitative estimate of drug-likeness (QED) is 0.722. The molecule has 3 N–H and O–H groups in total. The third kappa shape index (κ3) is 2.75. The molecule has 3 rings (SSSR count). The van der Waals surface area contributed by atoms with Crippen molar-refractivity contribution < 1.29 is 9.90 Å². The van der Waals surface area contributed by atoms with Crippen LogP contribution in [0.1, 0.15) is 31.5 Å². The van der Waals surface area contributed by atoms with E-state index in [1.165, 1.54) is 12.8 Å². The van der Waals surface area contributed by atoms with Crippen LogP contribution in [0, 0.1) is 17.8 Å². The van der Waals surface area contributed by atoms with E-state index >= 15 is 0 Å². The molecule has 0 amide bonds. The second-order valence-corrected chi connectivity index (χ2v) is 5.77. The van der Waals surface area contributed by atoms with Crippen LogP contribution < -0.4 is 5.32 Å². The van der Waals surface area contributed by atoms with E-state index in [2.05, 4.69) is 25.9 Å². The number of aromatic amines is 1. The maximum Gasteiger partial charge on any atom is 0.320 e. The van der Waals surface area contributed by atoms with Crippen molar-refractivity contribution in [1.29, 1.82) is 0 Å². The average molecular weight is 265 g/mol. The standard InChI is InChI=1S/C12H19N5O2/c18-12(19)10-5-9-3-7(1-2-8(9)6-13-10)4-11-14-16-17-15-11/h7-10,13H,1-6H2,(H,18,19)(H,14,15,16,17)/t7-,8+,9-,10-/m1/s1. The van der Waals surface area contributed by atoms with Crippen molar-refractivity contribution in [2.45, 2.75) is 38.1 Å². The third-order valence-electron chi connectivity index (χ3n) is 4.57. The second kappa shape index (κ2) is 5.24. The zero-order valence-corrected chi connectivity index (χ0v) is 10.7. The van der Waals surface area contributed by atoms with E-state index in [0.29, 0.717) is 17.8 Å². The van der Waals surface area contributed by atoms with Gasteiger partial charge >= 0.3 is 5.97 Å². The van der Waals surface area contributed by atoms with Crippen LogP contribution in [0.15, 0.2) is 0 Å². The maximum absolute atomic E-state index is 11.1. The number of carboxylic acid groups (broad SMARTS) is 1. The van der Waals surface area contributed by atoms with Crippen LogP contribution in [0.2, 0.25) is 0 Å². The lowest BCUT2D eigenvalue weighted by Crippen LogP contribution is -2.49. The molecule has 19 heavy (non-hydrogen) atoms. The number of piperidine rings is 1. The SMILES string of the molecule is O=C(O)[C@H]1C[C@H]2C[C@H](Cc3nn[nH]n3)CC[C@H]2CN1. The molecule has 1 aliphatic heterocycles. The molecule has 1 saturated heterocycles. The van der Waals surface area contributed by atoms with Gasteiger partial charge in [-0.05, 0) is 50.0 Å². The molecule has 2 aliphatic rings. The minimum absolute atomic E-state index is 0.370. The zero-order chi connectivity index (χ0) is 13.2. The lowest BCUT2D eigenvalue weighted by atomic mass is 9.69. The average Bonchev–Trinajstić information content (AvgIpc) is 2.90. The summed E-state index contributed by atoms with van der Waals surface area (Å²) in [4.78, 5) is 11.1. The van der Waals surface area contributed by atoms with Crippen LogP contribution in [-0.2, 0) is 11.2 Å². The van der Waals surface area contributed by atoms with Gasteiger partial charge in [-0.2, -0.15) is 5.21 Å². The molecule has 0 spiro atoms. The summed E-state index contributed by atoms with van der Waals surface area (Å²) in [5.41, 5.74) is 0. The number of hydrogen-bond acceptors (Lipinski definition) is 5. The molecule has 1 aliphatic carbocycles. The van der Waals surface area contributed by atoms with Crippen LogP contribution in [0.5, 0.6) is 0 Å². The van der Waals surface area contributed by atoms with E-state index < -0.39 is 5.97 Å². The van der Waals surface area contributed by atoms with Gasteiger partial charge in [-0.15, -0.1) is 10.2 Å². The molecule has 0 unspecified atom stereocenters. The smallest absolute Gasteiger partial charge is 0.320 e. The highest BCUT2D eigenvalue weighted by atomic mass is 16.4. The van der Waals surface area contributed by atoms with Crippen molar-refractivity contribution in [2.75, 3.05) is 6.54 Å². The second-order valence-electron chi connectivity index (χ2n) is 5.77. The van der Waals surface area contributed by atoms with Crippen LogP contribution in [0.4, 0.5) is 0 Å². The Kier molecular flexibility index (Phi) is 3.46. The molecular weight excluding hydrogens is 246 g/mol. The molecule has 0 bridgehead atoms. The molecule has 1 aromatic heterocycles. The van der Waals surface area contributed by atoms with E-state index in [0.717, 1.165) is 31.6 Å². The van der Waals surface area contributed by atoms with Crippen molar-refractivity contribution in [3.63, 3.8) is 0 Å². The summed E-state index contributed by atoms with van der Waals surface area (Å²) in [5, 5.41) is 26.3. The van der Waals surface area contributed by atoms with Crippen LogP contribution in [-0.4, -0.2) is 44.3 Å². The molecule has 104 valence electrons. The number of carboxylic acids is 1. The highest BCUT2D eigenvalue weighted by molar-refractivity contribution is 5.73. The van der Waals surface area contributed by atoms with E-state index in [-0.39, 0.29) is 6.04 Å². The molecule has 2 fully saturated rings. The number of hydrogen-bond donors (Lipinski definition) is 3. The lowest BCUT2D eigenvalue weighted by Gasteiger charge is -2.41. The molecule has 7 heteroatoms. The van der Waals surface area contributed by atoms with Crippen molar-refractivity contribution in [3.05, 3.63) is 5.82 Å². The van der Waals surface area contributed by atoms with Gasteiger partial charge in [0.1, 0.15) is 6.04 Å². The minimum atomic E-state index is -0.723. The highest BCUT2D eigenvalue weighted by Crippen LogP contribution is 2.39. The Labute approximate surface area is 111 Å². The van der Waals surface area contributed by atoms with Crippen molar-refractivity contribution in [3.8, 4) is 0 Å². The fourth-order valence-corrected chi connectivity index (χ4v) is 3.56. The highest BCUT2D eigenvalue weighted by Gasteiger charge is 2.37. The Morgan fingerprint density at radius 3 is 2.95 bits per heavy atom. The topological polar surface area (TPSA) is 104 Å². The predicted molar refractivity (Wildman–Crippen MR) is 66.2 cm³/mol. The number of aromatic nitrogens is 4. The Morgan fingerprint density at radius 1 is 1.32 bits per heavy atom. The minimum Gasteiger partial charge on any atom is -0.480 e. The van der Waals surface area contributed by atoms with Crippen molar-refractivity contribution in [2.24, 2.45) is 17.8 Å². The molecule has 0 aromatic carbocycles. The summed E-state index contributed by atoms with van der Waals surface area (Å²) >= 11 is 0. The number of carbonyl (C=O) groups is 1. The lowest BCUT2D eigenvalue weighted by molar-refractivity contribution is -0.141. The molecule has 1 saturated carbocycles. The van der Waals surface area contributed by atoms with E-state index in [1.807, 2.05) is 0 Å². The van der Waals surface area contributed by atoms with Crippen LogP contribution >= 0.6 is 0 Å². The van der Waals surface area contributed by atoms with Gasteiger partial charge in [0.05, 0.1) is 0 Å². The van der Waals surface area contributed by atoms with Crippen LogP contribution in [0.3, 0.4) is 0 Å². The first kappa shape index (κ1) is 12.5. The van der Waals surface area contributed by atoms with Gasteiger partial charge in [0, 0.05) is 6.42 Å². The Morgan fingerprint density at radius 2 is 2.21 bits per heavy atom. The first-order chi connectivity index (χ1) is 9.22. The fraction of sp³-hybridized carbons (Fsp3) is 0.833. The maximum atomic E-state index is 11.1.